The maximum atomic E-state index is 9.21. The number of nitrogens with one attached hydrogen (secondary N) is 1. The molecule has 0 aliphatic heterocycles. The minimum atomic E-state index is 0.189. The van der Waals surface area contributed by atoms with Gasteiger partial charge in [0.1, 0.15) is 0 Å². The van der Waals surface area contributed by atoms with Gasteiger partial charge in [0.25, 0.3) is 0 Å². The number of rotatable bonds is 5. The van der Waals surface area contributed by atoms with Crippen LogP contribution in [0.5, 0.6) is 0 Å². The molecule has 0 amide bonds. The second kappa shape index (κ2) is 6.46. The molecule has 0 saturated heterocycles. The van der Waals surface area contributed by atoms with Crippen LogP contribution >= 0.6 is 11.6 Å². The molecule has 112 valence electrons. The summed E-state index contributed by atoms with van der Waals surface area (Å²) in [5.74, 6) is 0.652. The molecule has 0 radical (unpaired) electrons. The predicted octanol–water partition coefficient (Wildman–Crippen LogP) is 3.97. The zero-order chi connectivity index (χ0) is 14.8. The van der Waals surface area contributed by atoms with Crippen LogP contribution in [0.2, 0.25) is 5.02 Å². The topological polar surface area (TPSA) is 32.3 Å². The monoisotopic (exact) mass is 295 g/mol. The van der Waals surface area contributed by atoms with Crippen molar-refractivity contribution in [2.24, 2.45) is 5.41 Å². The van der Waals surface area contributed by atoms with Crippen molar-refractivity contribution in [1.29, 1.82) is 0 Å². The molecule has 1 saturated carbocycles. The second-order valence-electron chi connectivity index (χ2n) is 7.01. The van der Waals surface area contributed by atoms with E-state index in [9.17, 15) is 5.11 Å². The number of hydrogen-bond acceptors (Lipinski definition) is 2. The van der Waals surface area contributed by atoms with E-state index in [0.717, 1.165) is 11.4 Å². The Labute approximate surface area is 127 Å². The third-order valence-corrected chi connectivity index (χ3v) is 4.63. The van der Waals surface area contributed by atoms with Gasteiger partial charge in [-0.25, -0.2) is 0 Å². The minimum Gasteiger partial charge on any atom is -0.396 e. The first kappa shape index (κ1) is 15.8. The van der Waals surface area contributed by atoms with Crippen LogP contribution < -0.4 is 5.32 Å². The van der Waals surface area contributed by atoms with Crippen LogP contribution in [0, 0.1) is 5.41 Å². The molecular weight excluding hydrogens is 270 g/mol. The summed E-state index contributed by atoms with van der Waals surface area (Å²) in [5.41, 5.74) is 1.58. The van der Waals surface area contributed by atoms with Gasteiger partial charge in [-0.1, -0.05) is 44.5 Å². The number of halogens is 1. The van der Waals surface area contributed by atoms with Crippen molar-refractivity contribution >= 4 is 11.6 Å². The highest BCUT2D eigenvalue weighted by molar-refractivity contribution is 6.30. The first-order valence-corrected chi connectivity index (χ1v) is 7.90. The Morgan fingerprint density at radius 2 is 1.85 bits per heavy atom. The molecule has 1 aliphatic rings. The van der Waals surface area contributed by atoms with Crippen molar-refractivity contribution < 1.29 is 5.11 Å². The quantitative estimate of drug-likeness (QED) is 0.861. The molecule has 0 heterocycles. The van der Waals surface area contributed by atoms with Gasteiger partial charge in [-0.3, -0.25) is 0 Å². The lowest BCUT2D eigenvalue weighted by Crippen LogP contribution is -2.50. The zero-order valence-electron chi connectivity index (χ0n) is 12.7. The van der Waals surface area contributed by atoms with Gasteiger partial charge in [-0.05, 0) is 48.3 Å². The van der Waals surface area contributed by atoms with Gasteiger partial charge in [0.05, 0.1) is 0 Å². The predicted molar refractivity (Wildman–Crippen MR) is 85.3 cm³/mol. The van der Waals surface area contributed by atoms with Crippen LogP contribution in [0.25, 0.3) is 0 Å². The van der Waals surface area contributed by atoms with Crippen LogP contribution in [0.3, 0.4) is 0 Å². The second-order valence-corrected chi connectivity index (χ2v) is 7.45. The maximum absolute atomic E-state index is 9.21. The first-order chi connectivity index (χ1) is 9.40. The Bertz CT molecular complexity index is 418. The fraction of sp³-hybridized carbons (Fsp3) is 0.647. The van der Waals surface area contributed by atoms with E-state index >= 15 is 0 Å². The Balaban J connectivity index is 1.85. The number of benzene rings is 1. The molecule has 0 aromatic heterocycles. The van der Waals surface area contributed by atoms with Crippen molar-refractivity contribution in [2.45, 2.75) is 58.0 Å². The summed E-state index contributed by atoms with van der Waals surface area (Å²) in [6.07, 6.45) is 3.19. The highest BCUT2D eigenvalue weighted by Crippen LogP contribution is 2.38. The molecular formula is C17H26ClNO. The molecule has 1 atom stereocenters. The van der Waals surface area contributed by atoms with E-state index in [2.05, 4.69) is 38.2 Å². The number of aliphatic hydroxyl groups is 1. The van der Waals surface area contributed by atoms with Gasteiger partial charge in [0.2, 0.25) is 0 Å². The Morgan fingerprint density at radius 3 is 2.35 bits per heavy atom. The third kappa shape index (κ3) is 3.97. The van der Waals surface area contributed by atoms with Gasteiger partial charge < -0.3 is 10.4 Å². The zero-order valence-corrected chi connectivity index (χ0v) is 13.5. The van der Waals surface area contributed by atoms with Crippen molar-refractivity contribution in [3.05, 3.63) is 34.9 Å². The molecule has 3 heteroatoms. The molecule has 0 spiro atoms. The van der Waals surface area contributed by atoms with E-state index in [0.29, 0.717) is 18.0 Å². The van der Waals surface area contributed by atoms with Crippen molar-refractivity contribution in [3.8, 4) is 0 Å². The normalized spacial score (nSPS) is 24.2. The molecule has 2 N–H and O–H groups in total. The average molecular weight is 296 g/mol. The highest BCUT2D eigenvalue weighted by Gasteiger charge is 2.34. The van der Waals surface area contributed by atoms with E-state index in [1.54, 1.807) is 0 Å². The summed E-state index contributed by atoms with van der Waals surface area (Å²) in [6.45, 7) is 6.95. The smallest absolute Gasteiger partial charge is 0.0446 e. The SMILES string of the molecule is CC(C)(C)C(CCO)NC1CC(c2ccc(Cl)cc2)C1. The summed E-state index contributed by atoms with van der Waals surface area (Å²) in [4.78, 5) is 0. The Kier molecular flexibility index (Phi) is 5.11. The first-order valence-electron chi connectivity index (χ1n) is 7.52. The Morgan fingerprint density at radius 1 is 1.25 bits per heavy atom. The Hall–Kier alpha value is -0.570. The highest BCUT2D eigenvalue weighted by atomic mass is 35.5. The summed E-state index contributed by atoms with van der Waals surface area (Å²) < 4.78 is 0. The van der Waals surface area contributed by atoms with E-state index in [-0.39, 0.29) is 12.0 Å². The number of aliphatic hydroxyl groups excluding tert-OH is 1. The van der Waals surface area contributed by atoms with Gasteiger partial charge in [0, 0.05) is 23.7 Å². The fourth-order valence-corrected chi connectivity index (χ4v) is 3.07. The summed E-state index contributed by atoms with van der Waals surface area (Å²) in [6, 6.07) is 9.18. The molecule has 1 aromatic rings. The van der Waals surface area contributed by atoms with Gasteiger partial charge in [0.15, 0.2) is 0 Å². The molecule has 1 unspecified atom stereocenters. The van der Waals surface area contributed by atoms with E-state index in [1.165, 1.54) is 18.4 Å². The lowest BCUT2D eigenvalue weighted by molar-refractivity contribution is 0.157. The van der Waals surface area contributed by atoms with E-state index in [4.69, 9.17) is 11.6 Å². The van der Waals surface area contributed by atoms with Crippen molar-refractivity contribution in [1.82, 2.24) is 5.32 Å². The molecule has 2 nitrogen and oxygen atoms in total. The minimum absolute atomic E-state index is 0.189. The summed E-state index contributed by atoms with van der Waals surface area (Å²) in [5, 5.41) is 13.7. The largest absolute Gasteiger partial charge is 0.396 e. The van der Waals surface area contributed by atoms with E-state index < -0.39 is 0 Å². The molecule has 1 aromatic carbocycles. The van der Waals surface area contributed by atoms with Crippen LogP contribution in [-0.2, 0) is 0 Å². The molecule has 2 rings (SSSR count). The van der Waals surface area contributed by atoms with Gasteiger partial charge in [-0.15, -0.1) is 0 Å². The van der Waals surface area contributed by atoms with Crippen LogP contribution in [0.15, 0.2) is 24.3 Å². The molecule has 1 fully saturated rings. The van der Waals surface area contributed by atoms with Crippen LogP contribution in [0.1, 0.15) is 51.5 Å². The number of hydrogen-bond donors (Lipinski definition) is 2. The van der Waals surface area contributed by atoms with Crippen LogP contribution in [0.4, 0.5) is 0 Å². The standard InChI is InChI=1S/C17H26ClNO/c1-17(2,3)16(8-9-20)19-15-10-13(11-15)12-4-6-14(18)7-5-12/h4-7,13,15-16,19-20H,8-11H2,1-3H3. The molecule has 20 heavy (non-hydrogen) atoms. The van der Waals surface area contributed by atoms with Crippen molar-refractivity contribution in [3.63, 3.8) is 0 Å². The summed E-state index contributed by atoms with van der Waals surface area (Å²) >= 11 is 5.92. The lowest BCUT2D eigenvalue weighted by atomic mass is 9.74. The fourth-order valence-electron chi connectivity index (χ4n) is 2.94. The van der Waals surface area contributed by atoms with E-state index in [1.807, 2.05) is 12.1 Å². The molecule has 0 bridgehead atoms. The lowest BCUT2D eigenvalue weighted by Gasteiger charge is -2.42. The van der Waals surface area contributed by atoms with Crippen LogP contribution in [-0.4, -0.2) is 23.8 Å². The summed E-state index contributed by atoms with van der Waals surface area (Å²) in [7, 11) is 0. The van der Waals surface area contributed by atoms with Gasteiger partial charge in [-0.2, -0.15) is 0 Å². The van der Waals surface area contributed by atoms with Gasteiger partial charge >= 0.3 is 0 Å². The average Bonchev–Trinajstić information content (AvgIpc) is 2.32. The molecule has 1 aliphatic carbocycles. The van der Waals surface area contributed by atoms with Crippen molar-refractivity contribution in [2.75, 3.05) is 6.61 Å². The third-order valence-electron chi connectivity index (χ3n) is 4.38. The maximum Gasteiger partial charge on any atom is 0.0446 e.